The number of hydrogen-bond acceptors (Lipinski definition) is 4. The molecule has 130 valence electrons. The molecule has 6 heteroatoms. The van der Waals surface area contributed by atoms with Crippen molar-refractivity contribution in [2.24, 2.45) is 0 Å². The standard InChI is InChI=1S/C17H29N3O2S/c1-4-19(5-2)16(15-7-11-23-13-15)12-18-17(21)20-8-10-22-9-6-14(20)3/h7,11,13-14,16H,4-6,8-10,12H2,1-3H3,(H,18,21)/t14-,16+/m1/s1. The molecule has 1 aliphatic rings. The maximum absolute atomic E-state index is 12.6. The van der Waals surface area contributed by atoms with Crippen LogP contribution < -0.4 is 5.32 Å². The van der Waals surface area contributed by atoms with Crippen LogP contribution in [0.2, 0.25) is 0 Å². The number of ether oxygens (including phenoxy) is 1. The molecule has 0 spiro atoms. The lowest BCUT2D eigenvalue weighted by molar-refractivity contribution is 0.140. The topological polar surface area (TPSA) is 44.8 Å². The van der Waals surface area contributed by atoms with Crippen LogP contribution in [0.15, 0.2) is 16.8 Å². The quantitative estimate of drug-likeness (QED) is 0.867. The van der Waals surface area contributed by atoms with E-state index in [1.54, 1.807) is 11.3 Å². The van der Waals surface area contributed by atoms with E-state index < -0.39 is 0 Å². The normalized spacial score (nSPS) is 20.3. The Morgan fingerprint density at radius 1 is 1.48 bits per heavy atom. The molecule has 1 aromatic rings. The van der Waals surface area contributed by atoms with Gasteiger partial charge in [-0.2, -0.15) is 11.3 Å². The summed E-state index contributed by atoms with van der Waals surface area (Å²) < 4.78 is 5.47. The fraction of sp³-hybridized carbons (Fsp3) is 0.706. The summed E-state index contributed by atoms with van der Waals surface area (Å²) in [6, 6.07) is 2.64. The average molecular weight is 340 g/mol. The van der Waals surface area contributed by atoms with Crippen molar-refractivity contribution in [1.29, 1.82) is 0 Å². The zero-order valence-corrected chi connectivity index (χ0v) is 15.3. The van der Waals surface area contributed by atoms with Crippen molar-refractivity contribution >= 4 is 17.4 Å². The Kier molecular flexibility index (Phi) is 7.33. The SMILES string of the molecule is CCN(CC)[C@@H](CNC(=O)N1CCOCC[C@H]1C)c1ccsc1. The lowest BCUT2D eigenvalue weighted by Gasteiger charge is -2.32. The van der Waals surface area contributed by atoms with Crippen molar-refractivity contribution in [1.82, 2.24) is 15.1 Å². The second kappa shape index (κ2) is 9.25. The molecule has 23 heavy (non-hydrogen) atoms. The highest BCUT2D eigenvalue weighted by Gasteiger charge is 2.24. The van der Waals surface area contributed by atoms with E-state index in [1.165, 1.54) is 5.56 Å². The van der Waals surface area contributed by atoms with Crippen LogP contribution in [0, 0.1) is 0 Å². The first kappa shape index (κ1) is 18.2. The van der Waals surface area contributed by atoms with E-state index in [1.807, 2.05) is 4.90 Å². The van der Waals surface area contributed by atoms with Crippen LogP contribution in [0.5, 0.6) is 0 Å². The van der Waals surface area contributed by atoms with Crippen molar-refractivity contribution in [2.75, 3.05) is 39.4 Å². The number of nitrogens with one attached hydrogen (secondary N) is 1. The lowest BCUT2D eigenvalue weighted by atomic mass is 10.1. The van der Waals surface area contributed by atoms with Gasteiger partial charge in [0.05, 0.1) is 12.6 Å². The monoisotopic (exact) mass is 339 g/mol. The molecule has 2 rings (SSSR count). The minimum absolute atomic E-state index is 0.0235. The van der Waals surface area contributed by atoms with Gasteiger partial charge in [0.25, 0.3) is 0 Å². The van der Waals surface area contributed by atoms with Crippen LogP contribution in [-0.4, -0.2) is 61.3 Å². The summed E-state index contributed by atoms with van der Waals surface area (Å²) in [5, 5.41) is 7.42. The zero-order chi connectivity index (χ0) is 16.7. The number of thiophene rings is 1. The Labute approximate surface area is 143 Å². The summed E-state index contributed by atoms with van der Waals surface area (Å²) in [6.45, 7) is 11.0. The molecule has 1 aliphatic heterocycles. The van der Waals surface area contributed by atoms with Crippen molar-refractivity contribution in [3.63, 3.8) is 0 Å². The van der Waals surface area contributed by atoms with Crippen LogP contribution >= 0.6 is 11.3 Å². The number of hydrogen-bond donors (Lipinski definition) is 1. The predicted molar refractivity (Wildman–Crippen MR) is 95.0 cm³/mol. The highest BCUT2D eigenvalue weighted by atomic mass is 32.1. The van der Waals surface area contributed by atoms with Crippen LogP contribution in [-0.2, 0) is 4.74 Å². The van der Waals surface area contributed by atoms with Gasteiger partial charge in [-0.25, -0.2) is 4.79 Å². The molecular weight excluding hydrogens is 310 g/mol. The van der Waals surface area contributed by atoms with Gasteiger partial charge in [0.2, 0.25) is 0 Å². The van der Waals surface area contributed by atoms with E-state index in [0.717, 1.165) is 26.1 Å². The maximum atomic E-state index is 12.6. The third kappa shape index (κ3) is 4.93. The Morgan fingerprint density at radius 3 is 2.91 bits per heavy atom. The third-order valence-corrected chi connectivity index (χ3v) is 5.28. The minimum atomic E-state index is 0.0235. The molecule has 2 amide bonds. The van der Waals surface area contributed by atoms with Crippen LogP contribution in [0.4, 0.5) is 4.79 Å². The summed E-state index contributed by atoms with van der Waals surface area (Å²) in [7, 11) is 0. The van der Waals surface area contributed by atoms with Crippen LogP contribution in [0.25, 0.3) is 0 Å². The summed E-state index contributed by atoms with van der Waals surface area (Å²) >= 11 is 1.71. The highest BCUT2D eigenvalue weighted by Crippen LogP contribution is 2.22. The molecule has 0 radical (unpaired) electrons. The van der Waals surface area contributed by atoms with Gasteiger partial charge in [-0.15, -0.1) is 0 Å². The van der Waals surface area contributed by atoms with Crippen LogP contribution in [0.1, 0.15) is 38.8 Å². The fourth-order valence-corrected chi connectivity index (χ4v) is 3.78. The maximum Gasteiger partial charge on any atom is 0.317 e. The van der Waals surface area contributed by atoms with Gasteiger partial charge < -0.3 is 15.0 Å². The average Bonchev–Trinajstić information content (AvgIpc) is 2.99. The molecule has 1 aromatic heterocycles. The van der Waals surface area contributed by atoms with Gasteiger partial charge in [-0.3, -0.25) is 4.90 Å². The van der Waals surface area contributed by atoms with Gasteiger partial charge >= 0.3 is 6.03 Å². The molecular formula is C17H29N3O2S. The second-order valence-electron chi connectivity index (χ2n) is 5.92. The lowest BCUT2D eigenvalue weighted by Crippen LogP contribution is -2.48. The van der Waals surface area contributed by atoms with E-state index in [9.17, 15) is 4.79 Å². The van der Waals surface area contributed by atoms with Crippen molar-refractivity contribution in [3.8, 4) is 0 Å². The molecule has 0 bridgehead atoms. The van der Waals surface area contributed by atoms with Gasteiger partial charge in [-0.05, 0) is 48.8 Å². The van der Waals surface area contributed by atoms with Gasteiger partial charge in [0.1, 0.15) is 0 Å². The van der Waals surface area contributed by atoms with Crippen LogP contribution in [0.3, 0.4) is 0 Å². The predicted octanol–water partition coefficient (Wildman–Crippen LogP) is 2.95. The molecule has 0 unspecified atom stereocenters. The Balaban J connectivity index is 1.98. The Morgan fingerprint density at radius 2 is 2.26 bits per heavy atom. The fourth-order valence-electron chi connectivity index (χ4n) is 3.07. The molecule has 1 saturated heterocycles. The Bertz CT molecular complexity index is 462. The molecule has 2 heterocycles. The van der Waals surface area contributed by atoms with E-state index in [-0.39, 0.29) is 18.1 Å². The first-order chi connectivity index (χ1) is 11.2. The smallest absolute Gasteiger partial charge is 0.317 e. The van der Waals surface area contributed by atoms with Gasteiger partial charge in [-0.1, -0.05) is 13.8 Å². The molecule has 0 aromatic carbocycles. The molecule has 1 N–H and O–H groups in total. The number of likely N-dealkylation sites (N-methyl/N-ethyl adjacent to an activating group) is 1. The summed E-state index contributed by atoms with van der Waals surface area (Å²) in [6.07, 6.45) is 0.900. The molecule has 0 saturated carbocycles. The summed E-state index contributed by atoms with van der Waals surface area (Å²) in [4.78, 5) is 16.9. The third-order valence-electron chi connectivity index (χ3n) is 4.58. The van der Waals surface area contributed by atoms with E-state index in [4.69, 9.17) is 4.74 Å². The number of carbonyl (C=O) groups is 1. The second-order valence-corrected chi connectivity index (χ2v) is 6.70. The van der Waals surface area contributed by atoms with Gasteiger partial charge in [0, 0.05) is 25.7 Å². The number of nitrogens with zero attached hydrogens (tertiary/aromatic N) is 2. The zero-order valence-electron chi connectivity index (χ0n) is 14.5. The minimum Gasteiger partial charge on any atom is -0.380 e. The number of rotatable bonds is 6. The molecule has 5 nitrogen and oxygen atoms in total. The first-order valence-electron chi connectivity index (χ1n) is 8.55. The number of urea groups is 1. The van der Waals surface area contributed by atoms with Crippen molar-refractivity contribution in [3.05, 3.63) is 22.4 Å². The molecule has 0 aliphatic carbocycles. The number of carbonyl (C=O) groups excluding carboxylic acids is 1. The largest absolute Gasteiger partial charge is 0.380 e. The van der Waals surface area contributed by atoms with E-state index in [0.29, 0.717) is 19.7 Å². The number of amides is 2. The van der Waals surface area contributed by atoms with Crippen molar-refractivity contribution in [2.45, 2.75) is 39.3 Å². The summed E-state index contributed by atoms with van der Waals surface area (Å²) in [5.74, 6) is 0. The van der Waals surface area contributed by atoms with Crippen molar-refractivity contribution < 1.29 is 9.53 Å². The molecule has 1 fully saturated rings. The summed E-state index contributed by atoms with van der Waals surface area (Å²) in [5.41, 5.74) is 1.28. The highest BCUT2D eigenvalue weighted by molar-refractivity contribution is 7.07. The molecule has 2 atom stereocenters. The van der Waals surface area contributed by atoms with Gasteiger partial charge in [0.15, 0.2) is 0 Å². The van der Waals surface area contributed by atoms with E-state index >= 15 is 0 Å². The van der Waals surface area contributed by atoms with E-state index in [2.05, 4.69) is 47.8 Å². The Hall–Kier alpha value is -1.11. The first-order valence-corrected chi connectivity index (χ1v) is 9.50.